The van der Waals surface area contributed by atoms with Gasteiger partial charge < -0.3 is 19.9 Å². The van der Waals surface area contributed by atoms with Gasteiger partial charge in [0.1, 0.15) is 11.8 Å². The molecule has 1 aromatic carbocycles. The zero-order valence-electron chi connectivity index (χ0n) is 14.9. The van der Waals surface area contributed by atoms with E-state index in [4.69, 9.17) is 4.74 Å². The number of benzene rings is 1. The number of amides is 4. The van der Waals surface area contributed by atoms with Gasteiger partial charge in [-0.1, -0.05) is 12.1 Å². The maximum Gasteiger partial charge on any atom is 0.322 e. The smallest absolute Gasteiger partial charge is 0.322 e. The van der Waals surface area contributed by atoms with Crippen LogP contribution in [0.3, 0.4) is 0 Å². The second-order valence-corrected chi connectivity index (χ2v) is 6.32. The molecule has 3 rings (SSSR count). The number of nitrogens with zero attached hydrogens (tertiary/aromatic N) is 2. The Hall–Kier alpha value is -2.77. The predicted molar refractivity (Wildman–Crippen MR) is 96.1 cm³/mol. The highest BCUT2D eigenvalue weighted by molar-refractivity contribution is 6.04. The lowest BCUT2D eigenvalue weighted by Crippen LogP contribution is -2.49. The fourth-order valence-corrected chi connectivity index (χ4v) is 3.28. The SMILES string of the molecule is CCOc1ccccc1N1CCN(C(=O)CC[C@@H]2NC(=O)NC2=O)CC1. The summed E-state index contributed by atoms with van der Waals surface area (Å²) in [4.78, 5) is 39.1. The summed E-state index contributed by atoms with van der Waals surface area (Å²) in [5.74, 6) is 0.509. The Kier molecular flexibility index (Phi) is 5.60. The van der Waals surface area contributed by atoms with Crippen LogP contribution in [0.1, 0.15) is 19.8 Å². The molecule has 2 N–H and O–H groups in total. The number of para-hydroxylation sites is 2. The van der Waals surface area contributed by atoms with Crippen molar-refractivity contribution in [2.75, 3.05) is 37.7 Å². The van der Waals surface area contributed by atoms with Gasteiger partial charge in [-0.05, 0) is 25.5 Å². The van der Waals surface area contributed by atoms with Crippen molar-refractivity contribution in [1.29, 1.82) is 0 Å². The van der Waals surface area contributed by atoms with Crippen molar-refractivity contribution in [3.05, 3.63) is 24.3 Å². The lowest BCUT2D eigenvalue weighted by atomic mass is 10.1. The number of hydrogen-bond acceptors (Lipinski definition) is 5. The van der Waals surface area contributed by atoms with Crippen LogP contribution in [0.5, 0.6) is 5.75 Å². The molecule has 2 fully saturated rings. The molecule has 140 valence electrons. The summed E-state index contributed by atoms with van der Waals surface area (Å²) in [7, 11) is 0. The summed E-state index contributed by atoms with van der Waals surface area (Å²) in [6.45, 7) is 5.29. The number of nitrogens with one attached hydrogen (secondary N) is 2. The molecular weight excluding hydrogens is 336 g/mol. The first-order valence-electron chi connectivity index (χ1n) is 8.94. The number of ether oxygens (including phenoxy) is 1. The molecule has 26 heavy (non-hydrogen) atoms. The molecule has 2 aliphatic heterocycles. The number of imide groups is 1. The minimum Gasteiger partial charge on any atom is -0.492 e. The average molecular weight is 360 g/mol. The van der Waals surface area contributed by atoms with E-state index in [1.54, 1.807) is 0 Å². The van der Waals surface area contributed by atoms with Crippen LogP contribution in [0.15, 0.2) is 24.3 Å². The molecule has 8 heteroatoms. The van der Waals surface area contributed by atoms with Crippen molar-refractivity contribution in [3.8, 4) is 5.75 Å². The molecule has 0 aromatic heterocycles. The lowest BCUT2D eigenvalue weighted by Gasteiger charge is -2.36. The standard InChI is InChI=1S/C18H24N4O4/c1-2-26-15-6-4-3-5-14(15)21-9-11-22(12-10-21)16(23)8-7-13-17(24)20-18(25)19-13/h3-6,13H,2,7-12H2,1H3,(H2,19,20,24,25)/t13-/m0/s1. The molecule has 4 amide bonds. The van der Waals surface area contributed by atoms with Gasteiger partial charge in [0.05, 0.1) is 12.3 Å². The topological polar surface area (TPSA) is 91.0 Å². The molecule has 0 spiro atoms. The van der Waals surface area contributed by atoms with E-state index in [-0.39, 0.29) is 18.2 Å². The van der Waals surface area contributed by atoms with Crippen LogP contribution in [0, 0.1) is 0 Å². The van der Waals surface area contributed by atoms with Crippen LogP contribution in [-0.2, 0) is 9.59 Å². The predicted octanol–water partition coefficient (Wildman–Crippen LogP) is 0.722. The monoisotopic (exact) mass is 360 g/mol. The Morgan fingerprint density at radius 1 is 1.19 bits per heavy atom. The van der Waals surface area contributed by atoms with Crippen LogP contribution in [-0.4, -0.2) is 61.6 Å². The second-order valence-electron chi connectivity index (χ2n) is 6.32. The van der Waals surface area contributed by atoms with Crippen molar-refractivity contribution >= 4 is 23.5 Å². The Morgan fingerprint density at radius 2 is 1.92 bits per heavy atom. The number of anilines is 1. The Morgan fingerprint density at radius 3 is 2.58 bits per heavy atom. The van der Waals surface area contributed by atoms with Gasteiger partial charge in [-0.2, -0.15) is 0 Å². The van der Waals surface area contributed by atoms with E-state index in [1.165, 1.54) is 0 Å². The molecule has 0 bridgehead atoms. The highest BCUT2D eigenvalue weighted by Gasteiger charge is 2.30. The molecule has 0 unspecified atom stereocenters. The summed E-state index contributed by atoms with van der Waals surface area (Å²) < 4.78 is 5.68. The first kappa shape index (κ1) is 18.0. The van der Waals surface area contributed by atoms with Crippen molar-refractivity contribution in [2.45, 2.75) is 25.8 Å². The third-order valence-electron chi connectivity index (χ3n) is 4.64. The minimum absolute atomic E-state index is 0.0108. The summed E-state index contributed by atoms with van der Waals surface area (Å²) >= 11 is 0. The van der Waals surface area contributed by atoms with Crippen molar-refractivity contribution in [3.63, 3.8) is 0 Å². The second kappa shape index (κ2) is 8.07. The first-order valence-corrected chi connectivity index (χ1v) is 8.94. The molecule has 2 saturated heterocycles. The van der Waals surface area contributed by atoms with E-state index in [0.717, 1.165) is 24.5 Å². The zero-order valence-corrected chi connectivity index (χ0v) is 14.9. The van der Waals surface area contributed by atoms with Gasteiger partial charge in [-0.3, -0.25) is 14.9 Å². The molecular formula is C18H24N4O4. The van der Waals surface area contributed by atoms with E-state index >= 15 is 0 Å². The highest BCUT2D eigenvalue weighted by Crippen LogP contribution is 2.28. The summed E-state index contributed by atoms with van der Waals surface area (Å²) in [5, 5.41) is 4.69. The maximum absolute atomic E-state index is 12.4. The van der Waals surface area contributed by atoms with Gasteiger partial charge in [0, 0.05) is 32.6 Å². The maximum atomic E-state index is 12.4. The number of rotatable bonds is 6. The van der Waals surface area contributed by atoms with Gasteiger partial charge in [-0.25, -0.2) is 4.79 Å². The minimum atomic E-state index is -0.606. The van der Waals surface area contributed by atoms with E-state index in [0.29, 0.717) is 26.1 Å². The average Bonchev–Trinajstić information content (AvgIpc) is 2.98. The molecule has 0 aliphatic carbocycles. The van der Waals surface area contributed by atoms with Gasteiger partial charge in [-0.15, -0.1) is 0 Å². The van der Waals surface area contributed by atoms with Crippen LogP contribution in [0.25, 0.3) is 0 Å². The number of carbonyl (C=O) groups excluding carboxylic acids is 3. The molecule has 1 aromatic rings. The molecule has 2 heterocycles. The zero-order chi connectivity index (χ0) is 18.5. The van der Waals surface area contributed by atoms with Crippen LogP contribution in [0.4, 0.5) is 10.5 Å². The van der Waals surface area contributed by atoms with Gasteiger partial charge in [0.25, 0.3) is 5.91 Å². The third-order valence-corrected chi connectivity index (χ3v) is 4.64. The number of piperazine rings is 1. The molecule has 0 saturated carbocycles. The third kappa shape index (κ3) is 4.07. The first-order chi connectivity index (χ1) is 12.6. The molecule has 2 aliphatic rings. The largest absolute Gasteiger partial charge is 0.492 e. The number of hydrogen-bond donors (Lipinski definition) is 2. The molecule has 0 radical (unpaired) electrons. The van der Waals surface area contributed by atoms with Gasteiger partial charge >= 0.3 is 6.03 Å². The fraction of sp³-hybridized carbons (Fsp3) is 0.500. The van der Waals surface area contributed by atoms with Crippen LogP contribution < -0.4 is 20.3 Å². The number of urea groups is 1. The van der Waals surface area contributed by atoms with Gasteiger partial charge in [0.15, 0.2) is 0 Å². The quantitative estimate of drug-likeness (QED) is 0.730. The molecule has 8 nitrogen and oxygen atoms in total. The summed E-state index contributed by atoms with van der Waals surface area (Å²) in [6.07, 6.45) is 0.567. The summed E-state index contributed by atoms with van der Waals surface area (Å²) in [6, 6.07) is 6.82. The number of carbonyl (C=O) groups is 3. The van der Waals surface area contributed by atoms with E-state index in [2.05, 4.69) is 15.5 Å². The van der Waals surface area contributed by atoms with Crippen LogP contribution >= 0.6 is 0 Å². The Balaban J connectivity index is 1.50. The Bertz CT molecular complexity index is 686. The van der Waals surface area contributed by atoms with E-state index in [1.807, 2.05) is 36.1 Å². The van der Waals surface area contributed by atoms with Crippen molar-refractivity contribution in [2.24, 2.45) is 0 Å². The van der Waals surface area contributed by atoms with Crippen molar-refractivity contribution < 1.29 is 19.1 Å². The lowest BCUT2D eigenvalue weighted by molar-refractivity contribution is -0.131. The fourth-order valence-electron chi connectivity index (χ4n) is 3.28. The van der Waals surface area contributed by atoms with Crippen molar-refractivity contribution in [1.82, 2.24) is 15.5 Å². The normalized spacial score (nSPS) is 20.0. The highest BCUT2D eigenvalue weighted by atomic mass is 16.5. The van der Waals surface area contributed by atoms with E-state index in [9.17, 15) is 14.4 Å². The van der Waals surface area contributed by atoms with Gasteiger partial charge in [0.2, 0.25) is 5.91 Å². The van der Waals surface area contributed by atoms with E-state index < -0.39 is 12.1 Å². The van der Waals surface area contributed by atoms with Crippen LogP contribution in [0.2, 0.25) is 0 Å². The summed E-state index contributed by atoms with van der Waals surface area (Å²) in [5.41, 5.74) is 1.05. The molecule has 1 atom stereocenters. The Labute approximate surface area is 152 Å².